The van der Waals surface area contributed by atoms with Crippen molar-refractivity contribution in [1.29, 1.82) is 0 Å². The minimum Gasteiger partial charge on any atom is -0.478 e. The van der Waals surface area contributed by atoms with Crippen molar-refractivity contribution in [3.05, 3.63) is 78.1 Å². The maximum Gasteiger partial charge on any atom is 0.328 e. The number of aromatic nitrogens is 1. The third kappa shape index (κ3) is 5.51. The Morgan fingerprint density at radius 2 is 1.69 bits per heavy atom. The van der Waals surface area contributed by atoms with Crippen molar-refractivity contribution < 1.29 is 19.8 Å². The molecule has 0 radical (unpaired) electrons. The summed E-state index contributed by atoms with van der Waals surface area (Å²) in [5.41, 5.74) is 2.60. The average Bonchev–Trinajstić information content (AvgIpc) is 3.24. The predicted molar refractivity (Wildman–Crippen MR) is 112 cm³/mol. The van der Waals surface area contributed by atoms with Gasteiger partial charge in [0.25, 0.3) is 0 Å². The molecule has 1 aliphatic rings. The van der Waals surface area contributed by atoms with Gasteiger partial charge in [-0.2, -0.15) is 0 Å². The molecule has 154 valence electrons. The second-order valence-corrected chi connectivity index (χ2v) is 7.30. The molecule has 1 aromatic heterocycles. The molecule has 0 aliphatic carbocycles. The average molecular weight is 396 g/mol. The van der Waals surface area contributed by atoms with Crippen LogP contribution in [0.15, 0.2) is 66.9 Å². The van der Waals surface area contributed by atoms with E-state index in [-0.39, 0.29) is 5.41 Å². The second kappa shape index (κ2) is 10.5. The van der Waals surface area contributed by atoms with E-state index in [0.717, 1.165) is 13.1 Å². The first-order valence-electron chi connectivity index (χ1n) is 9.70. The topological polar surface area (TPSA) is 99.5 Å². The number of nitrogens with one attached hydrogen (secondary N) is 1. The minimum absolute atomic E-state index is 0.00792. The lowest BCUT2D eigenvalue weighted by atomic mass is 9.61. The molecule has 0 spiro atoms. The highest BCUT2D eigenvalue weighted by molar-refractivity contribution is 5.89. The van der Waals surface area contributed by atoms with E-state index in [0.29, 0.717) is 24.0 Å². The van der Waals surface area contributed by atoms with Crippen LogP contribution in [-0.2, 0) is 15.0 Å². The summed E-state index contributed by atoms with van der Waals surface area (Å²) in [5, 5.41) is 19.2. The molecule has 0 bridgehead atoms. The summed E-state index contributed by atoms with van der Waals surface area (Å²) < 4.78 is 0. The van der Waals surface area contributed by atoms with Gasteiger partial charge in [0.05, 0.1) is 5.69 Å². The van der Waals surface area contributed by atoms with Gasteiger partial charge >= 0.3 is 11.9 Å². The summed E-state index contributed by atoms with van der Waals surface area (Å²) in [5.74, 6) is -1.42. The van der Waals surface area contributed by atoms with E-state index in [1.807, 2.05) is 12.3 Å². The van der Waals surface area contributed by atoms with E-state index in [1.165, 1.54) is 17.7 Å². The van der Waals surface area contributed by atoms with Gasteiger partial charge in [-0.1, -0.05) is 50.2 Å². The fourth-order valence-corrected chi connectivity index (χ4v) is 4.20. The van der Waals surface area contributed by atoms with Gasteiger partial charge in [-0.3, -0.25) is 4.98 Å². The van der Waals surface area contributed by atoms with Crippen molar-refractivity contribution in [1.82, 2.24) is 10.3 Å². The predicted octanol–water partition coefficient (Wildman–Crippen LogP) is 3.34. The second-order valence-electron chi connectivity index (χ2n) is 7.30. The number of rotatable bonds is 6. The number of carboxylic acid groups (broad SMARTS) is 2. The first kappa shape index (κ1) is 22.3. The Labute approximate surface area is 171 Å². The van der Waals surface area contributed by atoms with Crippen molar-refractivity contribution in [2.24, 2.45) is 11.8 Å². The monoisotopic (exact) mass is 396 g/mol. The Morgan fingerprint density at radius 1 is 1.07 bits per heavy atom. The minimum atomic E-state index is -1.26. The zero-order valence-corrected chi connectivity index (χ0v) is 16.8. The molecule has 2 atom stereocenters. The molecule has 29 heavy (non-hydrogen) atoms. The molecule has 2 heterocycles. The van der Waals surface area contributed by atoms with Crippen molar-refractivity contribution >= 4 is 11.9 Å². The van der Waals surface area contributed by atoms with E-state index in [4.69, 9.17) is 15.2 Å². The van der Waals surface area contributed by atoms with Gasteiger partial charge in [0.15, 0.2) is 0 Å². The SMILES string of the molecule is CC(C)C(c1ccccc1)(c1ccccn1)C1CCNC1.O=C(O)C=CC(=O)O. The van der Waals surface area contributed by atoms with Crippen LogP contribution in [-0.4, -0.2) is 40.2 Å². The van der Waals surface area contributed by atoms with Gasteiger partial charge in [-0.05, 0) is 49.0 Å². The Morgan fingerprint density at radius 3 is 2.14 bits per heavy atom. The molecule has 0 amide bonds. The largest absolute Gasteiger partial charge is 0.478 e. The van der Waals surface area contributed by atoms with E-state index in [2.05, 4.69) is 61.6 Å². The number of hydrogen-bond donors (Lipinski definition) is 3. The normalized spacial score (nSPS) is 18.1. The van der Waals surface area contributed by atoms with Crippen LogP contribution in [0.25, 0.3) is 0 Å². The number of carboxylic acids is 2. The summed E-state index contributed by atoms with van der Waals surface area (Å²) in [4.78, 5) is 23.9. The standard InChI is InChI=1S/C19H24N2.C4H4O4/c1-15(2)19(17-11-13-20-14-17,16-8-4-3-5-9-16)18-10-6-7-12-21-18;5-3(6)1-2-4(7)8/h3-10,12,15,17,20H,11,13-14H2,1-2H3;1-2H,(H,5,6)(H,7,8). The van der Waals surface area contributed by atoms with E-state index < -0.39 is 11.9 Å². The van der Waals surface area contributed by atoms with Crippen molar-refractivity contribution in [3.8, 4) is 0 Å². The highest BCUT2D eigenvalue weighted by Crippen LogP contribution is 2.46. The molecule has 1 saturated heterocycles. The maximum atomic E-state index is 9.55. The molecule has 1 fully saturated rings. The van der Waals surface area contributed by atoms with Crippen LogP contribution >= 0.6 is 0 Å². The van der Waals surface area contributed by atoms with Gasteiger partial charge < -0.3 is 15.5 Å². The molecular weight excluding hydrogens is 368 g/mol. The smallest absolute Gasteiger partial charge is 0.328 e. The summed E-state index contributed by atoms with van der Waals surface area (Å²) in [6, 6.07) is 17.3. The van der Waals surface area contributed by atoms with Gasteiger partial charge in [0, 0.05) is 23.8 Å². The molecule has 6 heteroatoms. The molecule has 1 aromatic carbocycles. The van der Waals surface area contributed by atoms with E-state index >= 15 is 0 Å². The molecule has 0 saturated carbocycles. The zero-order valence-electron chi connectivity index (χ0n) is 16.8. The third-order valence-corrected chi connectivity index (χ3v) is 5.32. The van der Waals surface area contributed by atoms with Crippen LogP contribution in [0.3, 0.4) is 0 Å². The number of benzene rings is 1. The van der Waals surface area contributed by atoms with Crippen LogP contribution in [0, 0.1) is 11.8 Å². The molecule has 2 unspecified atom stereocenters. The molecule has 6 nitrogen and oxygen atoms in total. The van der Waals surface area contributed by atoms with E-state index in [9.17, 15) is 9.59 Å². The fraction of sp³-hybridized carbons (Fsp3) is 0.348. The lowest BCUT2D eigenvalue weighted by Crippen LogP contribution is -2.43. The highest BCUT2D eigenvalue weighted by atomic mass is 16.4. The quantitative estimate of drug-likeness (QED) is 0.648. The summed E-state index contributed by atoms with van der Waals surface area (Å²) in [7, 11) is 0. The Balaban J connectivity index is 0.000000321. The number of pyridine rings is 1. The maximum absolute atomic E-state index is 9.55. The van der Waals surface area contributed by atoms with Crippen molar-refractivity contribution in [2.45, 2.75) is 25.7 Å². The number of aliphatic carboxylic acids is 2. The van der Waals surface area contributed by atoms with Crippen LogP contribution in [0.4, 0.5) is 0 Å². The van der Waals surface area contributed by atoms with Crippen LogP contribution < -0.4 is 5.32 Å². The third-order valence-electron chi connectivity index (χ3n) is 5.32. The Hall–Kier alpha value is -2.99. The highest BCUT2D eigenvalue weighted by Gasteiger charge is 2.46. The van der Waals surface area contributed by atoms with Crippen molar-refractivity contribution in [2.75, 3.05) is 13.1 Å². The van der Waals surface area contributed by atoms with Crippen molar-refractivity contribution in [3.63, 3.8) is 0 Å². The number of carbonyl (C=O) groups is 2. The zero-order chi connectivity index (χ0) is 21.3. The molecular formula is C23H28N2O4. The summed E-state index contributed by atoms with van der Waals surface area (Å²) in [6.07, 6.45) is 4.26. The first-order chi connectivity index (χ1) is 13.9. The van der Waals surface area contributed by atoms with Gasteiger partial charge in [0.2, 0.25) is 0 Å². The first-order valence-corrected chi connectivity index (χ1v) is 9.70. The fourth-order valence-electron chi connectivity index (χ4n) is 4.20. The van der Waals surface area contributed by atoms with Gasteiger partial charge in [-0.15, -0.1) is 0 Å². The van der Waals surface area contributed by atoms with Gasteiger partial charge in [0.1, 0.15) is 0 Å². The Kier molecular flexibility index (Phi) is 8.09. The lowest BCUT2D eigenvalue weighted by Gasteiger charge is -2.43. The van der Waals surface area contributed by atoms with Crippen LogP contribution in [0.2, 0.25) is 0 Å². The van der Waals surface area contributed by atoms with E-state index in [1.54, 1.807) is 0 Å². The van der Waals surface area contributed by atoms with Gasteiger partial charge in [-0.25, -0.2) is 9.59 Å². The molecule has 3 N–H and O–H groups in total. The molecule has 1 aliphatic heterocycles. The molecule has 2 aromatic rings. The van der Waals surface area contributed by atoms with Crippen LogP contribution in [0.1, 0.15) is 31.5 Å². The lowest BCUT2D eigenvalue weighted by molar-refractivity contribution is -0.134. The van der Waals surface area contributed by atoms with Crippen LogP contribution in [0.5, 0.6) is 0 Å². The Bertz CT molecular complexity index is 758. The summed E-state index contributed by atoms with van der Waals surface area (Å²) >= 11 is 0. The number of nitrogens with zero attached hydrogens (tertiary/aromatic N) is 1. The summed E-state index contributed by atoms with van der Waals surface area (Å²) in [6.45, 7) is 6.85. The number of hydrogen-bond acceptors (Lipinski definition) is 4. The molecule has 3 rings (SSSR count).